The van der Waals surface area contributed by atoms with Crippen LogP contribution in [-0.4, -0.2) is 53.4 Å². The molecule has 0 aromatic carbocycles. The Balaban J connectivity index is 3.66. The van der Waals surface area contributed by atoms with Crippen LogP contribution in [0.3, 0.4) is 0 Å². The van der Waals surface area contributed by atoms with Crippen LogP contribution in [0, 0.1) is 0 Å². The molecule has 0 aliphatic carbocycles. The van der Waals surface area contributed by atoms with E-state index >= 15 is 0 Å². The summed E-state index contributed by atoms with van der Waals surface area (Å²) in [5.74, 6) is -2.48. The number of hydrogen-bond donors (Lipinski definition) is 4. The van der Waals surface area contributed by atoms with Crippen molar-refractivity contribution in [3.8, 4) is 0 Å². The predicted molar refractivity (Wildman–Crippen MR) is 60.2 cm³/mol. The van der Waals surface area contributed by atoms with Crippen LogP contribution in [0.4, 0.5) is 0 Å². The normalized spacial score (nSPS) is 9.47. The third-order valence-corrected chi connectivity index (χ3v) is 2.28. The molecule has 0 atom stereocenters. The van der Waals surface area contributed by atoms with Gasteiger partial charge in [0.15, 0.2) is 0 Å². The van der Waals surface area contributed by atoms with Crippen molar-refractivity contribution in [2.45, 2.75) is 0 Å². The SMILES string of the molecule is NCC(=O)NCC(=O)NCC(=O)SCC(=O)O. The van der Waals surface area contributed by atoms with Gasteiger partial charge in [0.05, 0.1) is 25.4 Å². The molecule has 0 saturated carbocycles. The summed E-state index contributed by atoms with van der Waals surface area (Å²) in [6.45, 7) is -0.775. The van der Waals surface area contributed by atoms with Gasteiger partial charge in [-0.15, -0.1) is 0 Å². The summed E-state index contributed by atoms with van der Waals surface area (Å²) in [5, 5.41) is 12.3. The van der Waals surface area contributed by atoms with E-state index in [-0.39, 0.29) is 25.4 Å². The van der Waals surface area contributed by atoms with Gasteiger partial charge >= 0.3 is 5.97 Å². The van der Waals surface area contributed by atoms with E-state index in [4.69, 9.17) is 10.8 Å². The summed E-state index contributed by atoms with van der Waals surface area (Å²) in [4.78, 5) is 42.9. The highest BCUT2D eigenvalue weighted by Gasteiger charge is 2.08. The van der Waals surface area contributed by atoms with Crippen molar-refractivity contribution in [2.75, 3.05) is 25.4 Å². The Labute approximate surface area is 101 Å². The number of nitrogens with one attached hydrogen (secondary N) is 2. The van der Waals surface area contributed by atoms with Gasteiger partial charge in [-0.1, -0.05) is 11.8 Å². The molecule has 0 radical (unpaired) electrons. The van der Waals surface area contributed by atoms with E-state index in [0.717, 1.165) is 0 Å². The zero-order valence-electron chi connectivity index (χ0n) is 8.89. The first-order chi connectivity index (χ1) is 7.95. The minimum Gasteiger partial charge on any atom is -0.481 e. The van der Waals surface area contributed by atoms with E-state index in [2.05, 4.69) is 10.6 Å². The van der Waals surface area contributed by atoms with Crippen molar-refractivity contribution in [1.82, 2.24) is 10.6 Å². The molecule has 0 bridgehead atoms. The molecule has 2 amide bonds. The lowest BCUT2D eigenvalue weighted by molar-refractivity contribution is -0.134. The predicted octanol–water partition coefficient (Wildman–Crippen LogP) is -2.48. The smallest absolute Gasteiger partial charge is 0.313 e. The molecule has 9 heteroatoms. The van der Waals surface area contributed by atoms with Crippen molar-refractivity contribution >= 4 is 34.7 Å². The Hall–Kier alpha value is -1.61. The van der Waals surface area contributed by atoms with Crippen molar-refractivity contribution in [2.24, 2.45) is 5.73 Å². The average Bonchev–Trinajstić information content (AvgIpc) is 2.30. The Morgan fingerprint density at radius 2 is 1.65 bits per heavy atom. The number of amides is 2. The van der Waals surface area contributed by atoms with E-state index in [1.54, 1.807) is 0 Å². The second-order valence-corrected chi connectivity index (χ2v) is 3.84. The molecular weight excluding hydrogens is 250 g/mol. The van der Waals surface area contributed by atoms with E-state index in [1.165, 1.54) is 0 Å². The van der Waals surface area contributed by atoms with Crippen LogP contribution in [0.2, 0.25) is 0 Å². The van der Waals surface area contributed by atoms with Gasteiger partial charge in [0, 0.05) is 0 Å². The van der Waals surface area contributed by atoms with Crippen LogP contribution >= 0.6 is 11.8 Å². The van der Waals surface area contributed by atoms with Crippen LogP contribution in [0.15, 0.2) is 0 Å². The zero-order chi connectivity index (χ0) is 13.3. The molecule has 17 heavy (non-hydrogen) atoms. The lowest BCUT2D eigenvalue weighted by atomic mass is 10.5. The first-order valence-electron chi connectivity index (χ1n) is 4.56. The molecule has 0 rings (SSSR count). The summed E-state index contributed by atoms with van der Waals surface area (Å²) >= 11 is 0.595. The number of thioether (sulfide) groups is 1. The Kier molecular flexibility index (Phi) is 7.72. The molecule has 0 fully saturated rings. The van der Waals surface area contributed by atoms with Crippen LogP contribution in [0.1, 0.15) is 0 Å². The largest absolute Gasteiger partial charge is 0.481 e. The monoisotopic (exact) mass is 263 g/mol. The van der Waals surface area contributed by atoms with Crippen LogP contribution < -0.4 is 16.4 Å². The Morgan fingerprint density at radius 1 is 1.06 bits per heavy atom. The molecule has 0 aliphatic rings. The molecule has 0 aromatic rings. The number of carboxylic acids is 1. The fourth-order valence-corrected chi connectivity index (χ4v) is 1.14. The summed E-state index contributed by atoms with van der Waals surface area (Å²) in [7, 11) is 0. The van der Waals surface area contributed by atoms with Gasteiger partial charge in [-0.05, 0) is 0 Å². The van der Waals surface area contributed by atoms with E-state index in [9.17, 15) is 19.2 Å². The highest BCUT2D eigenvalue weighted by atomic mass is 32.2. The van der Waals surface area contributed by atoms with E-state index in [0.29, 0.717) is 11.8 Å². The fourth-order valence-electron chi connectivity index (χ4n) is 0.678. The highest BCUT2D eigenvalue weighted by molar-refractivity contribution is 8.14. The maximum atomic E-state index is 11.1. The molecule has 0 unspecified atom stereocenters. The zero-order valence-corrected chi connectivity index (χ0v) is 9.71. The fraction of sp³-hybridized carbons (Fsp3) is 0.500. The molecule has 0 heterocycles. The second kappa shape index (κ2) is 8.53. The second-order valence-electron chi connectivity index (χ2n) is 2.81. The minimum absolute atomic E-state index is 0.222. The number of rotatable bonds is 7. The lowest BCUT2D eigenvalue weighted by Gasteiger charge is -2.04. The lowest BCUT2D eigenvalue weighted by Crippen LogP contribution is -2.40. The third kappa shape index (κ3) is 9.33. The van der Waals surface area contributed by atoms with E-state index in [1.807, 2.05) is 0 Å². The van der Waals surface area contributed by atoms with Gasteiger partial charge in [0.25, 0.3) is 0 Å². The molecule has 8 nitrogen and oxygen atoms in total. The maximum absolute atomic E-state index is 11.1. The van der Waals surface area contributed by atoms with Crippen molar-refractivity contribution in [3.05, 3.63) is 0 Å². The van der Waals surface area contributed by atoms with Gasteiger partial charge in [-0.2, -0.15) is 0 Å². The number of carbonyl (C=O) groups is 4. The Morgan fingerprint density at radius 3 is 2.18 bits per heavy atom. The highest BCUT2D eigenvalue weighted by Crippen LogP contribution is 1.99. The van der Waals surface area contributed by atoms with Crippen molar-refractivity contribution in [1.29, 1.82) is 0 Å². The van der Waals surface area contributed by atoms with Gasteiger partial charge < -0.3 is 21.5 Å². The first kappa shape index (κ1) is 15.4. The number of aliphatic carboxylic acids is 1. The number of hydrogen-bond acceptors (Lipinski definition) is 6. The summed E-state index contributed by atoms with van der Waals surface area (Å²) in [6.07, 6.45) is 0. The summed E-state index contributed by atoms with van der Waals surface area (Å²) in [6, 6.07) is 0. The van der Waals surface area contributed by atoms with E-state index < -0.39 is 22.9 Å². The quantitative estimate of drug-likeness (QED) is 0.399. The summed E-state index contributed by atoms with van der Waals surface area (Å²) in [5.41, 5.74) is 4.99. The molecule has 0 aromatic heterocycles. The molecule has 0 spiro atoms. The molecule has 96 valence electrons. The topological polar surface area (TPSA) is 139 Å². The number of nitrogens with two attached hydrogens (primary N) is 1. The molecule has 0 saturated heterocycles. The minimum atomic E-state index is -1.11. The van der Waals surface area contributed by atoms with Gasteiger partial charge in [-0.25, -0.2) is 0 Å². The molecule has 0 aliphatic heterocycles. The molecular formula is C8H13N3O5S. The van der Waals surface area contributed by atoms with Gasteiger partial charge in [-0.3, -0.25) is 19.2 Å². The maximum Gasteiger partial charge on any atom is 0.313 e. The van der Waals surface area contributed by atoms with Crippen LogP contribution in [-0.2, 0) is 19.2 Å². The van der Waals surface area contributed by atoms with Gasteiger partial charge in [0.1, 0.15) is 0 Å². The van der Waals surface area contributed by atoms with Gasteiger partial charge in [0.2, 0.25) is 16.9 Å². The van der Waals surface area contributed by atoms with Crippen LogP contribution in [0.25, 0.3) is 0 Å². The third-order valence-electron chi connectivity index (χ3n) is 1.42. The summed E-state index contributed by atoms with van der Waals surface area (Å²) < 4.78 is 0. The standard InChI is InChI=1S/C8H13N3O5S/c9-1-5(12)10-2-6(13)11-3-8(16)17-4-7(14)15/h1-4,9H2,(H,10,12)(H,11,13)(H,14,15). The van der Waals surface area contributed by atoms with Crippen molar-refractivity contribution < 1.29 is 24.3 Å². The first-order valence-corrected chi connectivity index (χ1v) is 5.55. The van der Waals surface area contributed by atoms with Crippen molar-refractivity contribution in [3.63, 3.8) is 0 Å². The molecule has 5 N–H and O–H groups in total. The average molecular weight is 263 g/mol. The number of carbonyl (C=O) groups excluding carboxylic acids is 3. The van der Waals surface area contributed by atoms with Crippen LogP contribution in [0.5, 0.6) is 0 Å². The number of carboxylic acid groups (broad SMARTS) is 1. The Bertz CT molecular complexity index is 320.